The normalized spacial score (nSPS) is 13.2. The molecule has 1 aliphatic rings. The molecule has 160 valence electrons. The molecular weight excluding hydrogens is 435 g/mol. The standard InChI is InChI=1S/C21H15ClF3N3O3/c22-14-8-11(21(23,24)25)9-26-19(14)28-17(29)10-31-20(30)18-12-4-1-2-6-15(12)27-16-7-3-5-13(16)18/h1-2,4,6,8-9H,3,5,7,10H2,(H,26,28,29). The molecule has 31 heavy (non-hydrogen) atoms. The van der Waals surface area contributed by atoms with Crippen molar-refractivity contribution in [3.05, 3.63) is 63.9 Å². The monoisotopic (exact) mass is 449 g/mol. The molecule has 1 N–H and O–H groups in total. The van der Waals surface area contributed by atoms with Crippen LogP contribution < -0.4 is 5.32 Å². The van der Waals surface area contributed by atoms with Crippen LogP contribution in [0, 0.1) is 0 Å². The number of ether oxygens (including phenoxy) is 1. The van der Waals surface area contributed by atoms with Crippen molar-refractivity contribution in [2.24, 2.45) is 0 Å². The topological polar surface area (TPSA) is 81.2 Å². The lowest BCUT2D eigenvalue weighted by Crippen LogP contribution is -2.22. The number of anilines is 1. The minimum atomic E-state index is -4.61. The molecule has 4 rings (SSSR count). The molecule has 0 radical (unpaired) electrons. The SMILES string of the molecule is O=C(COC(=O)c1c2c(nc3ccccc13)CCC2)Nc1ncc(C(F)(F)F)cc1Cl. The fraction of sp³-hybridized carbons (Fsp3) is 0.238. The van der Waals surface area contributed by atoms with Crippen LogP contribution in [0.1, 0.15) is 33.6 Å². The highest BCUT2D eigenvalue weighted by Crippen LogP contribution is 2.33. The van der Waals surface area contributed by atoms with Crippen molar-refractivity contribution in [2.45, 2.75) is 25.4 Å². The number of nitrogens with one attached hydrogen (secondary N) is 1. The maximum absolute atomic E-state index is 12.8. The maximum atomic E-state index is 12.8. The Morgan fingerprint density at radius 1 is 1.19 bits per heavy atom. The van der Waals surface area contributed by atoms with Gasteiger partial charge in [0, 0.05) is 17.3 Å². The van der Waals surface area contributed by atoms with Gasteiger partial charge in [0.1, 0.15) is 0 Å². The van der Waals surface area contributed by atoms with Crippen molar-refractivity contribution < 1.29 is 27.5 Å². The van der Waals surface area contributed by atoms with Crippen LogP contribution in [0.4, 0.5) is 19.0 Å². The molecule has 1 aromatic carbocycles. The third-order valence-electron chi connectivity index (χ3n) is 4.88. The second kappa shape index (κ2) is 8.14. The van der Waals surface area contributed by atoms with E-state index in [4.69, 9.17) is 16.3 Å². The molecule has 0 aliphatic heterocycles. The van der Waals surface area contributed by atoms with Crippen LogP contribution in [0.5, 0.6) is 0 Å². The molecule has 0 spiro atoms. The van der Waals surface area contributed by atoms with E-state index in [0.717, 1.165) is 24.1 Å². The summed E-state index contributed by atoms with van der Waals surface area (Å²) in [6, 6.07) is 7.83. The second-order valence-corrected chi connectivity index (χ2v) is 7.37. The van der Waals surface area contributed by atoms with Gasteiger partial charge in [-0.15, -0.1) is 0 Å². The summed E-state index contributed by atoms with van der Waals surface area (Å²) in [5.74, 6) is -1.71. The third kappa shape index (κ3) is 4.32. The van der Waals surface area contributed by atoms with Gasteiger partial charge in [-0.25, -0.2) is 9.78 Å². The number of pyridine rings is 2. The molecule has 10 heteroatoms. The Morgan fingerprint density at radius 2 is 1.97 bits per heavy atom. The highest BCUT2D eigenvalue weighted by atomic mass is 35.5. The molecule has 2 aromatic heterocycles. The highest BCUT2D eigenvalue weighted by Gasteiger charge is 2.32. The van der Waals surface area contributed by atoms with Crippen LogP contribution in [0.15, 0.2) is 36.5 Å². The number of hydrogen-bond donors (Lipinski definition) is 1. The van der Waals surface area contributed by atoms with Gasteiger partial charge in [-0.1, -0.05) is 29.8 Å². The lowest BCUT2D eigenvalue weighted by Gasteiger charge is -2.13. The predicted octanol–water partition coefficient (Wildman–Crippen LogP) is 4.59. The smallest absolute Gasteiger partial charge is 0.417 e. The van der Waals surface area contributed by atoms with E-state index in [9.17, 15) is 22.8 Å². The quantitative estimate of drug-likeness (QED) is 0.589. The van der Waals surface area contributed by atoms with Gasteiger partial charge in [0.2, 0.25) is 0 Å². The average Bonchev–Trinajstić information content (AvgIpc) is 3.19. The summed E-state index contributed by atoms with van der Waals surface area (Å²) in [4.78, 5) is 33.1. The number of carbonyl (C=O) groups is 2. The molecule has 2 heterocycles. The number of fused-ring (bicyclic) bond motifs is 2. The van der Waals surface area contributed by atoms with Crippen LogP contribution in [0.25, 0.3) is 10.9 Å². The van der Waals surface area contributed by atoms with Crippen molar-refractivity contribution in [1.82, 2.24) is 9.97 Å². The number of rotatable bonds is 4. The first-order valence-corrected chi connectivity index (χ1v) is 9.72. The molecular formula is C21H15ClF3N3O3. The maximum Gasteiger partial charge on any atom is 0.417 e. The van der Waals surface area contributed by atoms with Gasteiger partial charge < -0.3 is 10.1 Å². The summed E-state index contributed by atoms with van der Waals surface area (Å²) in [6.45, 7) is -0.650. The van der Waals surface area contributed by atoms with E-state index in [1.54, 1.807) is 18.2 Å². The zero-order chi connectivity index (χ0) is 22.2. The number of aryl methyl sites for hydroxylation is 1. The zero-order valence-electron chi connectivity index (χ0n) is 15.9. The number of para-hydroxylation sites is 1. The Bertz CT molecular complexity index is 1200. The molecule has 6 nitrogen and oxygen atoms in total. The number of hydrogen-bond acceptors (Lipinski definition) is 5. The van der Waals surface area contributed by atoms with Crippen LogP contribution in [0.2, 0.25) is 5.02 Å². The van der Waals surface area contributed by atoms with Crippen molar-refractivity contribution in [3.8, 4) is 0 Å². The summed E-state index contributed by atoms with van der Waals surface area (Å²) in [5.41, 5.74) is 1.67. The highest BCUT2D eigenvalue weighted by molar-refractivity contribution is 6.33. The summed E-state index contributed by atoms with van der Waals surface area (Å²) in [6.07, 6.45) is -1.73. The first-order valence-electron chi connectivity index (χ1n) is 9.34. The molecule has 0 fully saturated rings. The summed E-state index contributed by atoms with van der Waals surface area (Å²) < 4.78 is 43.3. The molecule has 3 aromatic rings. The number of esters is 1. The van der Waals surface area contributed by atoms with E-state index in [2.05, 4.69) is 15.3 Å². The van der Waals surface area contributed by atoms with Crippen molar-refractivity contribution in [3.63, 3.8) is 0 Å². The molecule has 0 bridgehead atoms. The number of halogens is 4. The number of nitrogens with zero attached hydrogens (tertiary/aromatic N) is 2. The van der Waals surface area contributed by atoms with Gasteiger partial charge in [-0.3, -0.25) is 9.78 Å². The molecule has 0 saturated carbocycles. The second-order valence-electron chi connectivity index (χ2n) is 6.96. The summed E-state index contributed by atoms with van der Waals surface area (Å²) in [7, 11) is 0. The number of alkyl halides is 3. The lowest BCUT2D eigenvalue weighted by atomic mass is 10.0. The number of carbonyl (C=O) groups excluding carboxylic acids is 2. The molecule has 0 atom stereocenters. The van der Waals surface area contributed by atoms with Crippen molar-refractivity contribution in [2.75, 3.05) is 11.9 Å². The Balaban J connectivity index is 1.48. The van der Waals surface area contributed by atoms with E-state index in [0.29, 0.717) is 35.2 Å². The Hall–Kier alpha value is -3.20. The van der Waals surface area contributed by atoms with Crippen molar-refractivity contribution >= 4 is 40.2 Å². The third-order valence-corrected chi connectivity index (χ3v) is 5.17. The average molecular weight is 450 g/mol. The van der Waals surface area contributed by atoms with Gasteiger partial charge in [-0.05, 0) is 37.0 Å². The minimum Gasteiger partial charge on any atom is -0.452 e. The van der Waals surface area contributed by atoms with Crippen LogP contribution in [0.3, 0.4) is 0 Å². The van der Waals surface area contributed by atoms with Gasteiger partial charge in [0.15, 0.2) is 12.4 Å². The Morgan fingerprint density at radius 3 is 2.71 bits per heavy atom. The lowest BCUT2D eigenvalue weighted by molar-refractivity contribution is -0.137. The minimum absolute atomic E-state index is 0.258. The van der Waals surface area contributed by atoms with Crippen LogP contribution in [-0.4, -0.2) is 28.5 Å². The summed E-state index contributed by atoms with van der Waals surface area (Å²) in [5, 5.41) is 2.50. The Kier molecular flexibility index (Phi) is 5.53. The molecule has 1 aliphatic carbocycles. The molecule has 0 unspecified atom stereocenters. The number of aromatic nitrogens is 2. The predicted molar refractivity (Wildman–Crippen MR) is 107 cm³/mol. The van der Waals surface area contributed by atoms with Crippen LogP contribution in [-0.2, 0) is 28.5 Å². The molecule has 0 saturated heterocycles. The van der Waals surface area contributed by atoms with E-state index in [1.165, 1.54) is 0 Å². The summed E-state index contributed by atoms with van der Waals surface area (Å²) >= 11 is 5.78. The van der Waals surface area contributed by atoms with Gasteiger partial charge >= 0.3 is 12.1 Å². The largest absolute Gasteiger partial charge is 0.452 e. The van der Waals surface area contributed by atoms with Crippen molar-refractivity contribution in [1.29, 1.82) is 0 Å². The van der Waals surface area contributed by atoms with E-state index in [1.807, 2.05) is 6.07 Å². The number of benzene rings is 1. The van der Waals surface area contributed by atoms with Gasteiger partial charge in [0.25, 0.3) is 5.91 Å². The van der Waals surface area contributed by atoms with E-state index >= 15 is 0 Å². The fourth-order valence-corrected chi connectivity index (χ4v) is 3.71. The van der Waals surface area contributed by atoms with Gasteiger partial charge in [-0.2, -0.15) is 13.2 Å². The van der Waals surface area contributed by atoms with Gasteiger partial charge in [0.05, 0.1) is 21.7 Å². The van der Waals surface area contributed by atoms with E-state index in [-0.39, 0.29) is 10.8 Å². The van der Waals surface area contributed by atoms with E-state index < -0.39 is 30.2 Å². The zero-order valence-corrected chi connectivity index (χ0v) is 16.7. The number of amides is 1. The molecule has 1 amide bonds. The fourth-order valence-electron chi connectivity index (χ4n) is 3.50. The first kappa shape index (κ1) is 21.0. The Labute approximate surface area is 179 Å². The first-order chi connectivity index (χ1) is 14.7. The van der Waals surface area contributed by atoms with Crippen LogP contribution >= 0.6 is 11.6 Å².